The summed E-state index contributed by atoms with van der Waals surface area (Å²) in [6.07, 6.45) is 2.28. The average Bonchev–Trinajstić information content (AvgIpc) is 2.93. The molecule has 1 aliphatic rings. The Morgan fingerprint density at radius 1 is 0.962 bits per heavy atom. The normalized spacial score (nSPS) is 14.0. The van der Waals surface area contributed by atoms with Crippen LogP contribution in [0.25, 0.3) is 0 Å². The molecule has 2 aromatic carbocycles. The minimum Gasteiger partial charge on any atom is -0.418 e. The van der Waals surface area contributed by atoms with E-state index in [1.807, 2.05) is 0 Å². The van der Waals surface area contributed by atoms with Crippen LogP contribution in [0.1, 0.15) is 22.3 Å². The van der Waals surface area contributed by atoms with Gasteiger partial charge in [-0.15, -0.1) is 0 Å². The number of rotatable bonds is 3. The summed E-state index contributed by atoms with van der Waals surface area (Å²) in [5.41, 5.74) is 6.81. The standard InChI is InChI=1S/C19H23N2.BF4/c1-15-11-16(2)19(17(3)12-15)21-10-9-20(14-21)13-18-7-5-4-6-8-18;2-1(3,4)5/h4-8,11-12,14H,9-10,13H2,1-3H3;/q+1;-1. The van der Waals surface area contributed by atoms with Gasteiger partial charge in [0, 0.05) is 0 Å². The Kier molecular flexibility index (Phi) is 6.45. The zero-order valence-corrected chi connectivity index (χ0v) is 15.2. The van der Waals surface area contributed by atoms with Crippen LogP contribution in [0.5, 0.6) is 0 Å². The number of hydrogen-bond acceptors (Lipinski definition) is 1. The van der Waals surface area contributed by atoms with Gasteiger partial charge in [0.1, 0.15) is 25.3 Å². The van der Waals surface area contributed by atoms with Crippen molar-refractivity contribution in [2.45, 2.75) is 27.3 Å². The first kappa shape index (κ1) is 20.0. The number of nitrogens with zero attached hydrogens (tertiary/aromatic N) is 2. The molecule has 0 N–H and O–H groups in total. The van der Waals surface area contributed by atoms with Crippen LogP contribution >= 0.6 is 0 Å². The molecule has 3 rings (SSSR count). The highest BCUT2D eigenvalue weighted by Crippen LogP contribution is 2.26. The molecular formula is C19H23BF4N2. The number of benzene rings is 2. The van der Waals surface area contributed by atoms with Gasteiger partial charge in [-0.25, -0.2) is 4.90 Å². The summed E-state index contributed by atoms with van der Waals surface area (Å²) in [4.78, 5) is 2.40. The van der Waals surface area contributed by atoms with Crippen LogP contribution in [0.2, 0.25) is 0 Å². The monoisotopic (exact) mass is 366 g/mol. The molecule has 140 valence electrons. The van der Waals surface area contributed by atoms with Gasteiger partial charge in [0.2, 0.25) is 6.34 Å². The van der Waals surface area contributed by atoms with E-state index < -0.39 is 7.25 Å². The highest BCUT2D eigenvalue weighted by atomic mass is 19.5. The molecule has 1 aliphatic heterocycles. The van der Waals surface area contributed by atoms with Gasteiger partial charge in [-0.1, -0.05) is 48.0 Å². The zero-order valence-electron chi connectivity index (χ0n) is 15.2. The van der Waals surface area contributed by atoms with Gasteiger partial charge >= 0.3 is 7.25 Å². The van der Waals surface area contributed by atoms with Gasteiger partial charge in [-0.3, -0.25) is 4.58 Å². The maximum atomic E-state index is 9.75. The number of halogens is 4. The molecule has 2 nitrogen and oxygen atoms in total. The van der Waals surface area contributed by atoms with E-state index in [1.54, 1.807) is 0 Å². The molecule has 0 bridgehead atoms. The first-order chi connectivity index (χ1) is 12.1. The van der Waals surface area contributed by atoms with Crippen LogP contribution in [0.4, 0.5) is 23.0 Å². The molecule has 26 heavy (non-hydrogen) atoms. The Bertz CT molecular complexity index is 744. The van der Waals surface area contributed by atoms with Crippen molar-refractivity contribution in [1.29, 1.82) is 0 Å². The van der Waals surface area contributed by atoms with E-state index in [4.69, 9.17) is 0 Å². The van der Waals surface area contributed by atoms with Crippen molar-refractivity contribution in [2.24, 2.45) is 0 Å². The predicted octanol–water partition coefficient (Wildman–Crippen LogP) is 4.97. The predicted molar refractivity (Wildman–Crippen MR) is 99.5 cm³/mol. The minimum atomic E-state index is -6.00. The molecule has 7 heteroatoms. The highest BCUT2D eigenvalue weighted by Gasteiger charge is 2.24. The largest absolute Gasteiger partial charge is 0.673 e. The molecule has 0 saturated carbocycles. The van der Waals surface area contributed by atoms with Gasteiger partial charge in [0.25, 0.3) is 0 Å². The van der Waals surface area contributed by atoms with Crippen LogP contribution in [-0.4, -0.2) is 31.3 Å². The lowest BCUT2D eigenvalue weighted by molar-refractivity contribution is -0.530. The van der Waals surface area contributed by atoms with E-state index in [1.165, 1.54) is 27.9 Å². The van der Waals surface area contributed by atoms with Crippen molar-refractivity contribution in [1.82, 2.24) is 0 Å². The summed E-state index contributed by atoms with van der Waals surface area (Å²) < 4.78 is 41.4. The summed E-state index contributed by atoms with van der Waals surface area (Å²) >= 11 is 0. The third-order valence-corrected chi connectivity index (χ3v) is 4.08. The van der Waals surface area contributed by atoms with Crippen molar-refractivity contribution >= 4 is 19.3 Å². The molecular weight excluding hydrogens is 343 g/mol. The maximum Gasteiger partial charge on any atom is 0.673 e. The van der Waals surface area contributed by atoms with E-state index >= 15 is 0 Å². The molecule has 2 aromatic rings. The fraction of sp³-hybridized carbons (Fsp3) is 0.316. The Balaban J connectivity index is 0.000000431. The SMILES string of the molecule is Cc1cc(C)c(N2C=[N+](Cc3ccccc3)CC2)c(C)c1.F[B-](F)(F)F. The number of anilines is 1. The van der Waals surface area contributed by atoms with Gasteiger partial charge in [0.05, 0.1) is 0 Å². The molecule has 0 aromatic heterocycles. The molecule has 1 heterocycles. The van der Waals surface area contributed by atoms with E-state index in [2.05, 4.69) is 79.0 Å². The minimum absolute atomic E-state index is 0.987. The summed E-state index contributed by atoms with van der Waals surface area (Å²) in [5, 5.41) is 0. The molecule has 0 fully saturated rings. The van der Waals surface area contributed by atoms with Crippen molar-refractivity contribution < 1.29 is 21.8 Å². The van der Waals surface area contributed by atoms with Crippen LogP contribution in [0.3, 0.4) is 0 Å². The van der Waals surface area contributed by atoms with Crippen molar-refractivity contribution in [3.05, 3.63) is 64.7 Å². The molecule has 0 unspecified atom stereocenters. The van der Waals surface area contributed by atoms with Gasteiger partial charge < -0.3 is 17.3 Å². The summed E-state index contributed by atoms with van der Waals surface area (Å²) in [6.45, 7) is 9.73. The molecule has 0 spiro atoms. The lowest BCUT2D eigenvalue weighted by Crippen LogP contribution is -2.20. The molecule has 0 radical (unpaired) electrons. The number of hydrogen-bond donors (Lipinski definition) is 0. The summed E-state index contributed by atoms with van der Waals surface area (Å²) in [5.74, 6) is 0. The summed E-state index contributed by atoms with van der Waals surface area (Å²) in [7, 11) is -6.00. The maximum absolute atomic E-state index is 9.75. The Hall–Kier alpha value is -2.31. The lowest BCUT2D eigenvalue weighted by atomic mass is 10.0. The molecule has 0 atom stereocenters. The van der Waals surface area contributed by atoms with Crippen LogP contribution < -0.4 is 4.90 Å². The summed E-state index contributed by atoms with van der Waals surface area (Å²) in [6, 6.07) is 15.2. The first-order valence-electron chi connectivity index (χ1n) is 8.48. The van der Waals surface area contributed by atoms with E-state index in [-0.39, 0.29) is 0 Å². The van der Waals surface area contributed by atoms with Gasteiger partial charge in [-0.05, 0) is 37.5 Å². The Labute approximate surface area is 151 Å². The molecule has 0 aliphatic carbocycles. The van der Waals surface area contributed by atoms with E-state index in [9.17, 15) is 17.3 Å². The third-order valence-electron chi connectivity index (χ3n) is 4.08. The van der Waals surface area contributed by atoms with Gasteiger partial charge in [0.15, 0.2) is 0 Å². The average molecular weight is 366 g/mol. The van der Waals surface area contributed by atoms with Crippen molar-refractivity contribution in [3.63, 3.8) is 0 Å². The van der Waals surface area contributed by atoms with Crippen LogP contribution in [-0.2, 0) is 6.54 Å². The van der Waals surface area contributed by atoms with E-state index in [0.29, 0.717) is 0 Å². The van der Waals surface area contributed by atoms with Crippen LogP contribution in [0, 0.1) is 20.8 Å². The second kappa shape index (κ2) is 8.38. The van der Waals surface area contributed by atoms with Crippen molar-refractivity contribution in [2.75, 3.05) is 18.0 Å². The smallest absolute Gasteiger partial charge is 0.418 e. The van der Waals surface area contributed by atoms with E-state index in [0.717, 1.165) is 19.6 Å². The highest BCUT2D eigenvalue weighted by molar-refractivity contribution is 6.50. The molecule has 0 amide bonds. The second-order valence-electron chi connectivity index (χ2n) is 6.51. The lowest BCUT2D eigenvalue weighted by Gasteiger charge is -2.13. The Morgan fingerprint density at radius 2 is 1.50 bits per heavy atom. The van der Waals surface area contributed by atoms with Crippen molar-refractivity contribution in [3.8, 4) is 0 Å². The molecule has 0 saturated heterocycles. The van der Waals surface area contributed by atoms with Crippen LogP contribution in [0.15, 0.2) is 42.5 Å². The first-order valence-corrected chi connectivity index (χ1v) is 8.48. The zero-order chi connectivity index (χ0) is 19.3. The second-order valence-corrected chi connectivity index (χ2v) is 6.51. The van der Waals surface area contributed by atoms with Gasteiger partial charge in [-0.2, -0.15) is 0 Å². The number of aryl methyl sites for hydroxylation is 3. The fourth-order valence-corrected chi connectivity index (χ4v) is 3.28. The fourth-order valence-electron chi connectivity index (χ4n) is 3.28. The topological polar surface area (TPSA) is 6.25 Å². The quantitative estimate of drug-likeness (QED) is 0.422. The third kappa shape index (κ3) is 6.21. The Morgan fingerprint density at radius 3 is 2.04 bits per heavy atom.